The number of nitrogens with zero attached hydrogens (tertiary/aromatic N) is 1. The maximum Gasteiger partial charge on any atom is 0.223 e. The molecule has 2 aromatic carbocycles. The van der Waals surface area contributed by atoms with Crippen LogP contribution in [0.5, 0.6) is 0 Å². The first-order valence-electron chi connectivity index (χ1n) is 9.24. The minimum Gasteiger partial charge on any atom is -0.353 e. The molecule has 2 aromatic rings. The minimum absolute atomic E-state index is 0.288. The Morgan fingerprint density at radius 1 is 1.04 bits per heavy atom. The third kappa shape index (κ3) is 3.32. The van der Waals surface area contributed by atoms with Crippen molar-refractivity contribution in [3.05, 3.63) is 48.0 Å². The van der Waals surface area contributed by atoms with Crippen molar-refractivity contribution in [1.82, 2.24) is 10.2 Å². The monoisotopic (exact) mass is 322 g/mol. The van der Waals surface area contributed by atoms with Crippen molar-refractivity contribution in [1.29, 1.82) is 0 Å². The summed E-state index contributed by atoms with van der Waals surface area (Å²) in [5.41, 5.74) is 1.38. The fourth-order valence-corrected chi connectivity index (χ4v) is 3.77. The van der Waals surface area contributed by atoms with Crippen LogP contribution in [0.3, 0.4) is 0 Å². The van der Waals surface area contributed by atoms with Gasteiger partial charge in [-0.15, -0.1) is 0 Å². The molecule has 4 rings (SSSR count). The Bertz CT molecular complexity index is 729. The Morgan fingerprint density at radius 2 is 1.75 bits per heavy atom. The molecule has 0 bridgehead atoms. The van der Waals surface area contributed by atoms with E-state index in [0.29, 0.717) is 18.0 Å². The van der Waals surface area contributed by atoms with E-state index in [1.54, 1.807) is 0 Å². The maximum atomic E-state index is 11.9. The van der Waals surface area contributed by atoms with Gasteiger partial charge in [0.25, 0.3) is 0 Å². The van der Waals surface area contributed by atoms with Gasteiger partial charge in [0, 0.05) is 31.1 Å². The minimum atomic E-state index is 0.288. The van der Waals surface area contributed by atoms with Crippen molar-refractivity contribution in [2.75, 3.05) is 13.1 Å². The van der Waals surface area contributed by atoms with E-state index in [1.165, 1.54) is 16.3 Å². The smallest absolute Gasteiger partial charge is 0.223 e. The fraction of sp³-hybridized carbons (Fsp3) is 0.476. The molecule has 0 aromatic heterocycles. The lowest BCUT2D eigenvalue weighted by atomic mass is 9.98. The molecule has 1 aliphatic carbocycles. The number of carbonyl (C=O) groups excluding carboxylic acids is 1. The van der Waals surface area contributed by atoms with Crippen LogP contribution in [0.1, 0.15) is 44.2 Å². The normalized spacial score (nSPS) is 20.9. The van der Waals surface area contributed by atoms with Gasteiger partial charge in [0.1, 0.15) is 0 Å². The third-order valence-electron chi connectivity index (χ3n) is 5.63. The Morgan fingerprint density at radius 3 is 2.46 bits per heavy atom. The van der Waals surface area contributed by atoms with Gasteiger partial charge in [-0.1, -0.05) is 36.4 Å². The van der Waals surface area contributed by atoms with Gasteiger partial charge in [0.05, 0.1) is 0 Å². The zero-order valence-electron chi connectivity index (χ0n) is 14.4. The molecular formula is C21H26N2O. The molecule has 0 radical (unpaired) electrons. The molecule has 3 nitrogen and oxygen atoms in total. The van der Waals surface area contributed by atoms with Crippen LogP contribution in [0.15, 0.2) is 42.5 Å². The number of likely N-dealkylation sites (tertiary alicyclic amines) is 1. The summed E-state index contributed by atoms with van der Waals surface area (Å²) in [4.78, 5) is 14.5. The van der Waals surface area contributed by atoms with Gasteiger partial charge in [0.15, 0.2) is 0 Å². The standard InChI is InChI=1S/C21H26N2O/c1-15(18-9-6-16-4-2-3-5-19(16)14-18)23-12-10-20(11-13-23)22-21(24)17-7-8-17/h2-6,9,14-15,17,20H,7-8,10-13H2,1H3,(H,22,24)/t15-/m1/s1. The molecular weight excluding hydrogens is 296 g/mol. The van der Waals surface area contributed by atoms with Crippen LogP contribution in [0.25, 0.3) is 10.8 Å². The lowest BCUT2D eigenvalue weighted by molar-refractivity contribution is -0.123. The maximum absolute atomic E-state index is 11.9. The Hall–Kier alpha value is -1.87. The average Bonchev–Trinajstić information content (AvgIpc) is 3.46. The highest BCUT2D eigenvalue weighted by Crippen LogP contribution is 2.30. The van der Waals surface area contributed by atoms with Gasteiger partial charge in [-0.2, -0.15) is 0 Å². The molecule has 0 unspecified atom stereocenters. The van der Waals surface area contributed by atoms with E-state index in [9.17, 15) is 4.79 Å². The van der Waals surface area contributed by atoms with E-state index >= 15 is 0 Å². The predicted molar refractivity (Wildman–Crippen MR) is 97.8 cm³/mol. The first-order valence-corrected chi connectivity index (χ1v) is 9.24. The molecule has 2 aliphatic rings. The number of nitrogens with one attached hydrogen (secondary N) is 1. The van der Waals surface area contributed by atoms with Gasteiger partial charge < -0.3 is 5.32 Å². The van der Waals surface area contributed by atoms with Crippen LogP contribution in [0, 0.1) is 5.92 Å². The van der Waals surface area contributed by atoms with Crippen molar-refractivity contribution >= 4 is 16.7 Å². The van der Waals surface area contributed by atoms with Crippen molar-refractivity contribution in [3.63, 3.8) is 0 Å². The van der Waals surface area contributed by atoms with Gasteiger partial charge in [-0.3, -0.25) is 9.69 Å². The van der Waals surface area contributed by atoms with E-state index in [0.717, 1.165) is 38.8 Å². The lowest BCUT2D eigenvalue weighted by Gasteiger charge is -2.36. The Balaban J connectivity index is 1.37. The van der Waals surface area contributed by atoms with E-state index in [4.69, 9.17) is 0 Å². The number of benzene rings is 2. The Labute approximate surface area is 144 Å². The summed E-state index contributed by atoms with van der Waals surface area (Å²) in [6.07, 6.45) is 4.31. The third-order valence-corrected chi connectivity index (χ3v) is 5.63. The van der Waals surface area contributed by atoms with Crippen molar-refractivity contribution in [3.8, 4) is 0 Å². The number of piperidine rings is 1. The zero-order valence-corrected chi connectivity index (χ0v) is 14.4. The van der Waals surface area contributed by atoms with Gasteiger partial charge in [0.2, 0.25) is 5.91 Å². The van der Waals surface area contributed by atoms with Crippen LogP contribution in [0.4, 0.5) is 0 Å². The fourth-order valence-electron chi connectivity index (χ4n) is 3.77. The summed E-state index contributed by atoms with van der Waals surface area (Å²) in [5, 5.41) is 5.85. The van der Waals surface area contributed by atoms with Crippen molar-refractivity contribution in [2.24, 2.45) is 5.92 Å². The molecule has 24 heavy (non-hydrogen) atoms. The average molecular weight is 322 g/mol. The molecule has 1 heterocycles. The number of carbonyl (C=O) groups is 1. The quantitative estimate of drug-likeness (QED) is 0.926. The second kappa shape index (κ2) is 6.56. The second-order valence-corrected chi connectivity index (χ2v) is 7.38. The highest BCUT2D eigenvalue weighted by atomic mass is 16.2. The van der Waals surface area contributed by atoms with Crippen molar-refractivity contribution < 1.29 is 4.79 Å². The highest BCUT2D eigenvalue weighted by molar-refractivity contribution is 5.83. The molecule has 1 N–H and O–H groups in total. The molecule has 2 fully saturated rings. The number of amides is 1. The summed E-state index contributed by atoms with van der Waals surface area (Å²) >= 11 is 0. The van der Waals surface area contributed by atoms with E-state index in [1.807, 2.05) is 0 Å². The highest BCUT2D eigenvalue weighted by Gasteiger charge is 2.32. The molecule has 1 saturated heterocycles. The second-order valence-electron chi connectivity index (χ2n) is 7.38. The van der Waals surface area contributed by atoms with E-state index in [-0.39, 0.29) is 5.91 Å². The molecule has 3 heteroatoms. The summed E-state index contributed by atoms with van der Waals surface area (Å²) in [6.45, 7) is 4.42. The van der Waals surface area contributed by atoms with Crippen molar-refractivity contribution in [2.45, 2.75) is 44.7 Å². The van der Waals surface area contributed by atoms with Crippen LogP contribution in [0.2, 0.25) is 0 Å². The van der Waals surface area contributed by atoms with Gasteiger partial charge >= 0.3 is 0 Å². The first-order chi connectivity index (χ1) is 11.7. The van der Waals surface area contributed by atoms with Crippen LogP contribution >= 0.6 is 0 Å². The number of rotatable bonds is 4. The molecule has 1 saturated carbocycles. The topological polar surface area (TPSA) is 32.3 Å². The molecule has 1 atom stereocenters. The van der Waals surface area contributed by atoms with Crippen LogP contribution < -0.4 is 5.32 Å². The molecule has 1 aliphatic heterocycles. The van der Waals surface area contributed by atoms with Gasteiger partial charge in [-0.25, -0.2) is 0 Å². The largest absolute Gasteiger partial charge is 0.353 e. The zero-order chi connectivity index (χ0) is 16.5. The summed E-state index contributed by atoms with van der Waals surface area (Å²) in [5.74, 6) is 0.607. The first kappa shape index (κ1) is 15.6. The SMILES string of the molecule is C[C@H](c1ccc2ccccc2c1)N1CCC(NC(=O)C2CC2)CC1. The summed E-state index contributed by atoms with van der Waals surface area (Å²) < 4.78 is 0. The predicted octanol–water partition coefficient (Wildman–Crippen LogP) is 3.89. The molecule has 1 amide bonds. The molecule has 126 valence electrons. The number of hydrogen-bond acceptors (Lipinski definition) is 2. The number of fused-ring (bicyclic) bond motifs is 1. The van der Waals surface area contributed by atoms with E-state index in [2.05, 4.69) is 59.6 Å². The summed E-state index contributed by atoms with van der Waals surface area (Å²) in [6, 6.07) is 16.1. The van der Waals surface area contributed by atoms with Crippen LogP contribution in [-0.2, 0) is 4.79 Å². The van der Waals surface area contributed by atoms with Crippen LogP contribution in [-0.4, -0.2) is 29.9 Å². The van der Waals surface area contributed by atoms with Gasteiger partial charge in [-0.05, 0) is 55.0 Å². The summed E-state index contributed by atoms with van der Waals surface area (Å²) in [7, 11) is 0. The Kier molecular flexibility index (Phi) is 4.28. The number of hydrogen-bond donors (Lipinski definition) is 1. The molecule has 0 spiro atoms. The van der Waals surface area contributed by atoms with E-state index < -0.39 is 0 Å². The lowest BCUT2D eigenvalue weighted by Crippen LogP contribution is -2.45.